The van der Waals surface area contributed by atoms with Crippen LogP contribution in [0, 0.1) is 0 Å². The third-order valence-electron chi connectivity index (χ3n) is 10.4. The Bertz CT molecular complexity index is 3370. The van der Waals surface area contributed by atoms with E-state index in [1.54, 1.807) is 10.6 Å². The van der Waals surface area contributed by atoms with Gasteiger partial charge < -0.3 is 4.57 Å². The van der Waals surface area contributed by atoms with Gasteiger partial charge in [-0.05, 0) is 53.6 Å². The van der Waals surface area contributed by atoms with Gasteiger partial charge in [0.05, 0.1) is 55.3 Å². The Morgan fingerprint density at radius 2 is 0.887 bits per heavy atom. The molecule has 0 aliphatic rings. The Morgan fingerprint density at radius 1 is 0.358 bits per heavy atom. The van der Waals surface area contributed by atoms with Crippen LogP contribution in [0.2, 0.25) is 0 Å². The highest BCUT2D eigenvalue weighted by Crippen LogP contribution is 2.37. The molecule has 7 nitrogen and oxygen atoms in total. The zero-order valence-corrected chi connectivity index (χ0v) is 28.1. The molecule has 0 saturated heterocycles. The van der Waals surface area contributed by atoms with E-state index in [0.29, 0.717) is 32.8 Å². The van der Waals surface area contributed by atoms with Crippen molar-refractivity contribution >= 4 is 54.6 Å². The summed E-state index contributed by atoms with van der Waals surface area (Å²) >= 11 is 0. The van der Waals surface area contributed by atoms with E-state index in [-0.39, 0.29) is 11.1 Å². The van der Waals surface area contributed by atoms with Gasteiger partial charge in [-0.25, -0.2) is 14.5 Å². The maximum Gasteiger partial charge on any atom is 0.282 e. The molecule has 11 aromatic rings. The second-order valence-corrected chi connectivity index (χ2v) is 13.4. The lowest BCUT2D eigenvalue weighted by molar-refractivity contribution is 0.841. The van der Waals surface area contributed by atoms with Crippen LogP contribution in [0.25, 0.3) is 94.0 Å². The van der Waals surface area contributed by atoms with E-state index in [0.717, 1.165) is 61.1 Å². The molecule has 0 aliphatic carbocycles. The maximum absolute atomic E-state index is 14.3. The summed E-state index contributed by atoms with van der Waals surface area (Å²) in [6.07, 6.45) is 0. The van der Waals surface area contributed by atoms with Crippen LogP contribution in [0.1, 0.15) is 0 Å². The van der Waals surface area contributed by atoms with Crippen molar-refractivity contribution in [3.05, 3.63) is 184 Å². The molecule has 0 fully saturated rings. The van der Waals surface area contributed by atoms with Crippen molar-refractivity contribution in [2.45, 2.75) is 0 Å². The van der Waals surface area contributed by atoms with Gasteiger partial charge in [0.2, 0.25) is 0 Å². The molecule has 4 heterocycles. The first-order valence-electron chi connectivity index (χ1n) is 17.5. The number of rotatable bonds is 4. The van der Waals surface area contributed by atoms with Crippen molar-refractivity contribution in [3.8, 4) is 39.3 Å². The highest BCUT2D eigenvalue weighted by atomic mass is 16.2. The van der Waals surface area contributed by atoms with Crippen LogP contribution in [0.5, 0.6) is 0 Å². The summed E-state index contributed by atoms with van der Waals surface area (Å²) in [4.78, 5) is 38.7. The molecule has 7 aromatic carbocycles. The predicted octanol–water partition coefficient (Wildman–Crippen LogP) is 9.54. The molecule has 7 heteroatoms. The number of hydrogen-bond acceptors (Lipinski definition) is 4. The van der Waals surface area contributed by atoms with Crippen LogP contribution in [-0.4, -0.2) is 23.6 Å². The number of benzene rings is 7. The number of nitrogens with zero attached hydrogens (tertiary/aromatic N) is 5. The van der Waals surface area contributed by atoms with Crippen molar-refractivity contribution in [1.82, 2.24) is 23.6 Å². The monoisotopic (exact) mass is 681 g/mol. The summed E-state index contributed by atoms with van der Waals surface area (Å²) < 4.78 is 5.22. The second-order valence-electron chi connectivity index (χ2n) is 13.4. The van der Waals surface area contributed by atoms with Gasteiger partial charge in [0, 0.05) is 27.6 Å². The first kappa shape index (κ1) is 29.4. The molecule has 4 aromatic heterocycles. The molecule has 0 saturated carbocycles. The van der Waals surface area contributed by atoms with E-state index in [1.165, 1.54) is 4.52 Å². The lowest BCUT2D eigenvalue weighted by Crippen LogP contribution is -2.21. The Labute approximate surface area is 301 Å². The summed E-state index contributed by atoms with van der Waals surface area (Å²) in [5, 5.41) is 2.92. The number of fused-ring (bicyclic) bond motifs is 9. The normalized spacial score (nSPS) is 11.9. The van der Waals surface area contributed by atoms with Crippen LogP contribution in [0.3, 0.4) is 0 Å². The Kier molecular flexibility index (Phi) is 6.13. The van der Waals surface area contributed by atoms with Gasteiger partial charge in [-0.1, -0.05) is 121 Å². The van der Waals surface area contributed by atoms with Gasteiger partial charge in [-0.2, -0.15) is 4.52 Å². The van der Waals surface area contributed by atoms with E-state index in [2.05, 4.69) is 59.2 Å². The molecular weight excluding hydrogens is 655 g/mol. The van der Waals surface area contributed by atoms with E-state index in [9.17, 15) is 9.59 Å². The fraction of sp³-hybridized carbons (Fsp3) is 0. The minimum atomic E-state index is -0.383. The molecule has 0 aliphatic heterocycles. The summed E-state index contributed by atoms with van der Waals surface area (Å²) in [6.45, 7) is 0. The predicted molar refractivity (Wildman–Crippen MR) is 213 cm³/mol. The minimum Gasteiger partial charge on any atom is -0.309 e. The topological polar surface area (TPSA) is 73.7 Å². The second kappa shape index (κ2) is 11.1. The average molecular weight is 682 g/mol. The largest absolute Gasteiger partial charge is 0.309 e. The molecule has 0 amide bonds. The summed E-state index contributed by atoms with van der Waals surface area (Å²) in [6, 6.07) is 54.6. The quantitative estimate of drug-likeness (QED) is 0.186. The van der Waals surface area contributed by atoms with Crippen LogP contribution < -0.4 is 11.1 Å². The highest BCUT2D eigenvalue weighted by molar-refractivity contribution is 6.13. The van der Waals surface area contributed by atoms with Gasteiger partial charge >= 0.3 is 0 Å². The Balaban J connectivity index is 1.19. The molecule has 248 valence electrons. The van der Waals surface area contributed by atoms with Crippen LogP contribution in [-0.2, 0) is 0 Å². The lowest BCUT2D eigenvalue weighted by atomic mass is 10.0. The molecular formula is C46H27N5O2. The number of hydrogen-bond donors (Lipinski definition) is 0. The molecule has 11 rings (SSSR count). The maximum atomic E-state index is 14.3. The number of para-hydroxylation sites is 1. The Hall–Kier alpha value is -7.38. The van der Waals surface area contributed by atoms with Crippen LogP contribution in [0.4, 0.5) is 0 Å². The van der Waals surface area contributed by atoms with Gasteiger partial charge in [0.25, 0.3) is 11.1 Å². The first-order valence-corrected chi connectivity index (χ1v) is 17.5. The standard InChI is InChI=1S/C46H27N5O2/c52-45-35-24-37-38(48-44(30-17-8-3-9-18-30)43(47-37)29-15-6-2-7-16-29)27-42(35)50-41-25-34-33-21-10-11-22-39(33)49(40(34)26-36(41)46(53)51(45)50)32-20-12-19-31(23-32)28-13-4-1-5-14-28/h1-27H. The van der Waals surface area contributed by atoms with E-state index in [4.69, 9.17) is 9.97 Å². The van der Waals surface area contributed by atoms with Crippen LogP contribution >= 0.6 is 0 Å². The molecule has 0 bridgehead atoms. The van der Waals surface area contributed by atoms with Gasteiger partial charge in [0.15, 0.2) is 0 Å². The molecule has 0 N–H and O–H groups in total. The van der Waals surface area contributed by atoms with E-state index >= 15 is 0 Å². The summed E-state index contributed by atoms with van der Waals surface area (Å²) in [5.41, 5.74) is 10.2. The van der Waals surface area contributed by atoms with Crippen molar-refractivity contribution in [2.75, 3.05) is 0 Å². The summed E-state index contributed by atoms with van der Waals surface area (Å²) in [5.74, 6) is 0. The van der Waals surface area contributed by atoms with Crippen molar-refractivity contribution in [2.24, 2.45) is 0 Å². The third-order valence-corrected chi connectivity index (χ3v) is 10.4. The third kappa shape index (κ3) is 4.28. The number of aromatic nitrogens is 5. The first-order chi connectivity index (χ1) is 26.1. The van der Waals surface area contributed by atoms with Gasteiger partial charge in [-0.15, -0.1) is 0 Å². The van der Waals surface area contributed by atoms with Crippen molar-refractivity contribution < 1.29 is 0 Å². The Morgan fingerprint density at radius 3 is 1.57 bits per heavy atom. The van der Waals surface area contributed by atoms with Crippen molar-refractivity contribution in [3.63, 3.8) is 0 Å². The highest BCUT2D eigenvalue weighted by Gasteiger charge is 2.23. The molecule has 53 heavy (non-hydrogen) atoms. The molecule has 0 radical (unpaired) electrons. The fourth-order valence-corrected chi connectivity index (χ4v) is 7.96. The molecule has 0 spiro atoms. The minimum absolute atomic E-state index is 0.363. The van der Waals surface area contributed by atoms with E-state index in [1.807, 2.05) is 103 Å². The average Bonchev–Trinajstić information content (AvgIpc) is 3.81. The lowest BCUT2D eigenvalue weighted by Gasteiger charge is -2.11. The molecule has 0 unspecified atom stereocenters. The zero-order valence-electron chi connectivity index (χ0n) is 28.1. The zero-order chi connectivity index (χ0) is 35.2. The van der Waals surface area contributed by atoms with Crippen LogP contribution in [0.15, 0.2) is 173 Å². The SMILES string of the molecule is O=c1c2cc3nc(-c4ccccc4)c(-c4ccccc4)nc3cc2n2c3cc4c5ccccc5n(-c5cccc(-c6ccccc6)c5)c4cc3c(=O)n12. The smallest absolute Gasteiger partial charge is 0.282 e. The van der Waals surface area contributed by atoms with Crippen molar-refractivity contribution in [1.29, 1.82) is 0 Å². The van der Waals surface area contributed by atoms with Gasteiger partial charge in [-0.3, -0.25) is 9.59 Å². The molecule has 0 atom stereocenters. The van der Waals surface area contributed by atoms with E-state index < -0.39 is 0 Å². The van der Waals surface area contributed by atoms with Gasteiger partial charge in [0.1, 0.15) is 0 Å². The summed E-state index contributed by atoms with van der Waals surface area (Å²) in [7, 11) is 0. The fourth-order valence-electron chi connectivity index (χ4n) is 7.96.